The summed E-state index contributed by atoms with van der Waals surface area (Å²) in [6.07, 6.45) is 2.02. The zero-order valence-electron chi connectivity index (χ0n) is 30.9. The largest absolute Gasteiger partial charge is 0.480 e. The first-order valence-electron chi connectivity index (χ1n) is 17.2. The molecule has 0 atom stereocenters. The van der Waals surface area contributed by atoms with E-state index in [0.717, 1.165) is 54.5 Å². The standard InChI is InChI=1S/C19H23ClN2O2S.C14H7ClF3NO5.C3H8NO5P/c1-2-3-4-5-6-10-13-25-19(23)24-16-14-17(20)21-22-18(16)15-11-8-7-9-12-15;15-10-5-7(14(16,17)18)1-4-12(10)24-8-2-3-11(19(22)23)9(6-8)13(20)21;5-3(6)1-4-2-10(7,8)9/h7-9,11-12,14H,2-6,10,13H2,1H3;1-6H,(H,20,21);4H,1-2H2,(H,5,6)(H2,7,8,9). The number of aromatic nitrogens is 2. The molecule has 59 heavy (non-hydrogen) atoms. The molecule has 1 aromatic heterocycles. The van der Waals surface area contributed by atoms with Crippen LogP contribution in [0.3, 0.4) is 0 Å². The van der Waals surface area contributed by atoms with Crippen LogP contribution < -0.4 is 14.8 Å². The molecule has 4 rings (SSSR count). The van der Waals surface area contributed by atoms with Crippen molar-refractivity contribution in [1.29, 1.82) is 0 Å². The number of carbonyl (C=O) groups excluding carboxylic acids is 1. The SMILES string of the molecule is CCCCCCCCSC(=O)Oc1cc(Cl)nnc1-c1ccccc1.O=C(O)CNCP(=O)(O)O.O=C(O)c1cc(Oc2ccc(C(F)(F)F)cc2Cl)ccc1[N+](=O)[O-]. The van der Waals surface area contributed by atoms with Crippen molar-refractivity contribution in [2.75, 3.05) is 18.6 Å². The van der Waals surface area contributed by atoms with E-state index in [1.807, 2.05) is 30.3 Å². The third-order valence-electron chi connectivity index (χ3n) is 7.16. The fourth-order valence-corrected chi connectivity index (χ4v) is 5.91. The summed E-state index contributed by atoms with van der Waals surface area (Å²) in [6, 6.07) is 16.3. The third-order valence-corrected chi connectivity index (χ3v) is 9.09. The fourth-order valence-electron chi connectivity index (χ4n) is 4.49. The Labute approximate surface area is 349 Å². The van der Waals surface area contributed by atoms with Gasteiger partial charge in [0.15, 0.2) is 10.9 Å². The molecule has 0 bridgehead atoms. The maximum absolute atomic E-state index is 12.6. The van der Waals surface area contributed by atoms with Crippen LogP contribution in [0, 0.1) is 10.1 Å². The highest BCUT2D eigenvalue weighted by Gasteiger charge is 2.31. The number of hydrogen-bond acceptors (Lipinski definition) is 12. The molecule has 23 heteroatoms. The lowest BCUT2D eigenvalue weighted by atomic mass is 10.1. The number of carboxylic acids is 2. The van der Waals surface area contributed by atoms with E-state index < -0.39 is 60.3 Å². The van der Waals surface area contributed by atoms with Crippen molar-refractivity contribution < 1.29 is 66.5 Å². The van der Waals surface area contributed by atoms with Crippen molar-refractivity contribution in [3.63, 3.8) is 0 Å². The molecule has 1 heterocycles. The van der Waals surface area contributed by atoms with Crippen LogP contribution >= 0.6 is 42.6 Å². The second kappa shape index (κ2) is 25.0. The lowest BCUT2D eigenvalue weighted by molar-refractivity contribution is -0.385. The number of nitro benzene ring substituents is 1. The summed E-state index contributed by atoms with van der Waals surface area (Å²) in [4.78, 5) is 59.2. The van der Waals surface area contributed by atoms with Crippen LogP contribution in [0.5, 0.6) is 17.2 Å². The molecule has 0 spiro atoms. The molecule has 4 aromatic rings. The van der Waals surface area contributed by atoms with E-state index in [0.29, 0.717) is 17.5 Å². The van der Waals surface area contributed by atoms with Crippen LogP contribution in [0.1, 0.15) is 61.4 Å². The molecule has 16 nitrogen and oxygen atoms in total. The molecule has 0 saturated heterocycles. The molecule has 320 valence electrons. The second-order valence-corrected chi connectivity index (χ2v) is 15.3. The minimum atomic E-state index is -4.58. The summed E-state index contributed by atoms with van der Waals surface area (Å²) in [5.74, 6) is -1.88. The summed E-state index contributed by atoms with van der Waals surface area (Å²) >= 11 is 12.8. The fraction of sp³-hybridized carbons (Fsp3) is 0.306. The average Bonchev–Trinajstić information content (AvgIpc) is 3.15. The Hall–Kier alpha value is -4.82. The number of nitro groups is 1. The number of aliphatic carboxylic acids is 1. The zero-order valence-corrected chi connectivity index (χ0v) is 34.2. The van der Waals surface area contributed by atoms with Crippen LogP contribution in [0.2, 0.25) is 10.2 Å². The van der Waals surface area contributed by atoms with Crippen LogP contribution in [-0.4, -0.2) is 70.9 Å². The number of benzene rings is 3. The van der Waals surface area contributed by atoms with Gasteiger partial charge in [0.05, 0.1) is 28.3 Å². The molecule has 0 amide bonds. The van der Waals surface area contributed by atoms with Crippen molar-refractivity contribution in [3.8, 4) is 28.5 Å². The molecule has 0 fully saturated rings. The summed E-state index contributed by atoms with van der Waals surface area (Å²) in [5.41, 5.74) is -0.905. The van der Waals surface area contributed by atoms with Crippen molar-refractivity contribution in [3.05, 3.63) is 104 Å². The Morgan fingerprint density at radius 2 is 1.58 bits per heavy atom. The minimum absolute atomic E-state index is 0.125. The van der Waals surface area contributed by atoms with E-state index in [1.54, 1.807) is 0 Å². The van der Waals surface area contributed by atoms with E-state index >= 15 is 0 Å². The first-order chi connectivity index (χ1) is 27.7. The molecule has 0 unspecified atom stereocenters. The van der Waals surface area contributed by atoms with Gasteiger partial charge in [0, 0.05) is 29.5 Å². The molecule has 0 aliphatic carbocycles. The number of aromatic carboxylic acids is 1. The van der Waals surface area contributed by atoms with Gasteiger partial charge >= 0.3 is 31.0 Å². The summed E-state index contributed by atoms with van der Waals surface area (Å²) in [6.45, 7) is 1.76. The van der Waals surface area contributed by atoms with E-state index in [9.17, 15) is 42.2 Å². The van der Waals surface area contributed by atoms with Crippen molar-refractivity contribution in [2.24, 2.45) is 0 Å². The molecule has 0 aliphatic heterocycles. The van der Waals surface area contributed by atoms with Gasteiger partial charge in [-0.05, 0) is 42.4 Å². The highest BCUT2D eigenvalue weighted by atomic mass is 35.5. The van der Waals surface area contributed by atoms with E-state index in [-0.39, 0.29) is 27.0 Å². The highest BCUT2D eigenvalue weighted by molar-refractivity contribution is 8.13. The van der Waals surface area contributed by atoms with Crippen LogP contribution in [0.4, 0.5) is 23.7 Å². The van der Waals surface area contributed by atoms with Crippen LogP contribution in [0.25, 0.3) is 11.3 Å². The minimum Gasteiger partial charge on any atom is -0.480 e. The number of ether oxygens (including phenoxy) is 2. The summed E-state index contributed by atoms with van der Waals surface area (Å²) < 4.78 is 58.4. The topological polar surface area (TPSA) is 249 Å². The third kappa shape index (κ3) is 19.7. The van der Waals surface area contributed by atoms with Gasteiger partial charge in [-0.15, -0.1) is 10.2 Å². The monoisotopic (exact) mass is 908 g/mol. The molecular weight excluding hydrogens is 871 g/mol. The Kier molecular flexibility index (Phi) is 21.3. The van der Waals surface area contributed by atoms with E-state index in [2.05, 4.69) is 22.4 Å². The molecule has 0 radical (unpaired) electrons. The van der Waals surface area contributed by atoms with Gasteiger partial charge in [0.25, 0.3) is 5.69 Å². The quantitative estimate of drug-likeness (QED) is 0.0217. The molecule has 0 saturated carbocycles. The van der Waals surface area contributed by atoms with Gasteiger partial charge in [0.2, 0.25) is 0 Å². The molecular formula is C36H38Cl2F3N4O12PS. The maximum atomic E-state index is 12.6. The van der Waals surface area contributed by atoms with Gasteiger partial charge in [-0.25, -0.2) is 9.59 Å². The predicted octanol–water partition coefficient (Wildman–Crippen LogP) is 9.94. The number of rotatable bonds is 17. The number of carbonyl (C=O) groups is 3. The van der Waals surface area contributed by atoms with E-state index in [1.165, 1.54) is 43.5 Å². The number of hydrogen-bond donors (Lipinski definition) is 5. The van der Waals surface area contributed by atoms with Crippen LogP contribution in [-0.2, 0) is 15.5 Å². The number of halogens is 5. The average molecular weight is 910 g/mol. The lowest BCUT2D eigenvalue weighted by Crippen LogP contribution is -2.23. The smallest absolute Gasteiger partial charge is 0.416 e. The number of nitrogens with zero attached hydrogens (tertiary/aromatic N) is 3. The Morgan fingerprint density at radius 1 is 0.915 bits per heavy atom. The number of thioether (sulfide) groups is 1. The number of alkyl halides is 3. The molecule has 5 N–H and O–H groups in total. The van der Waals surface area contributed by atoms with Gasteiger partial charge in [-0.2, -0.15) is 13.2 Å². The van der Waals surface area contributed by atoms with Crippen LogP contribution in [0.15, 0.2) is 72.8 Å². The first-order valence-corrected chi connectivity index (χ1v) is 20.7. The van der Waals surface area contributed by atoms with Crippen molar-refractivity contribution in [1.82, 2.24) is 15.5 Å². The Morgan fingerprint density at radius 3 is 2.15 bits per heavy atom. The number of unbranched alkanes of at least 4 members (excludes halogenated alkanes) is 5. The van der Waals surface area contributed by atoms with Gasteiger partial charge < -0.3 is 29.5 Å². The Bertz CT molecular complexity index is 2080. The number of nitrogens with one attached hydrogen (secondary N) is 1. The second-order valence-electron chi connectivity index (χ2n) is 11.8. The Balaban J connectivity index is 0.000000333. The normalized spacial score (nSPS) is 11.0. The summed E-state index contributed by atoms with van der Waals surface area (Å²) in [5, 5.41) is 37.2. The van der Waals surface area contributed by atoms with Crippen molar-refractivity contribution >= 4 is 65.5 Å². The van der Waals surface area contributed by atoms with E-state index in [4.69, 9.17) is 52.7 Å². The van der Waals surface area contributed by atoms with Gasteiger partial charge in [-0.1, -0.05) is 92.6 Å². The summed E-state index contributed by atoms with van der Waals surface area (Å²) in [7, 11) is -4.10. The number of carboxylic acid groups (broad SMARTS) is 2. The van der Waals surface area contributed by atoms with Crippen molar-refractivity contribution in [2.45, 2.75) is 51.6 Å². The lowest BCUT2D eigenvalue weighted by Gasteiger charge is -2.11. The molecule has 3 aromatic carbocycles. The highest BCUT2D eigenvalue weighted by Crippen LogP contribution is 2.37. The van der Waals surface area contributed by atoms with Gasteiger partial charge in [0.1, 0.15) is 22.8 Å². The maximum Gasteiger partial charge on any atom is 0.416 e. The first kappa shape index (κ1) is 50.3. The zero-order chi connectivity index (χ0) is 44.2. The predicted molar refractivity (Wildman–Crippen MR) is 213 cm³/mol. The molecule has 0 aliphatic rings. The van der Waals surface area contributed by atoms with Gasteiger partial charge in [-0.3, -0.25) is 24.8 Å².